The second-order valence-electron chi connectivity index (χ2n) is 8.09. The normalized spacial score (nSPS) is 24.0. The van der Waals surface area contributed by atoms with Crippen molar-refractivity contribution in [1.82, 2.24) is 10.3 Å². The van der Waals surface area contributed by atoms with Gasteiger partial charge >= 0.3 is 0 Å². The van der Waals surface area contributed by atoms with Crippen molar-refractivity contribution in [2.24, 2.45) is 5.92 Å². The molecule has 1 N–H and O–H groups in total. The third-order valence-electron chi connectivity index (χ3n) is 6.30. The Hall–Kier alpha value is -1.91. The molecule has 1 saturated carbocycles. The predicted molar refractivity (Wildman–Crippen MR) is 110 cm³/mol. The molecule has 4 rings (SSSR count). The van der Waals surface area contributed by atoms with Gasteiger partial charge in [-0.2, -0.15) is 0 Å². The van der Waals surface area contributed by atoms with Gasteiger partial charge in [0.15, 0.2) is 0 Å². The van der Waals surface area contributed by atoms with Crippen molar-refractivity contribution in [2.45, 2.75) is 50.0 Å². The Bertz CT molecular complexity index is 788. The Morgan fingerprint density at radius 3 is 2.50 bits per heavy atom. The lowest BCUT2D eigenvalue weighted by Gasteiger charge is -2.37. The highest BCUT2D eigenvalue weighted by molar-refractivity contribution is 6.30. The number of benzene rings is 1. The van der Waals surface area contributed by atoms with Crippen LogP contribution in [0.25, 0.3) is 0 Å². The van der Waals surface area contributed by atoms with Gasteiger partial charge in [-0.1, -0.05) is 43.0 Å². The van der Waals surface area contributed by atoms with E-state index in [-0.39, 0.29) is 17.9 Å². The highest BCUT2D eigenvalue weighted by Gasteiger charge is 2.43. The summed E-state index contributed by atoms with van der Waals surface area (Å²) in [5, 5.41) is 4.07. The van der Waals surface area contributed by atoms with Gasteiger partial charge in [0.25, 0.3) is 0 Å². The van der Waals surface area contributed by atoms with Gasteiger partial charge in [-0.3, -0.25) is 9.78 Å². The van der Waals surface area contributed by atoms with E-state index in [9.17, 15) is 4.79 Å². The molecule has 2 fully saturated rings. The maximum absolute atomic E-state index is 13.5. The van der Waals surface area contributed by atoms with Gasteiger partial charge in [-0.25, -0.2) is 0 Å². The molecule has 2 aliphatic rings. The van der Waals surface area contributed by atoms with E-state index < -0.39 is 5.41 Å². The molecular weight excluding hydrogens is 372 g/mol. The van der Waals surface area contributed by atoms with Crippen molar-refractivity contribution in [3.05, 3.63) is 64.9 Å². The van der Waals surface area contributed by atoms with Crippen molar-refractivity contribution >= 4 is 17.5 Å². The van der Waals surface area contributed by atoms with Crippen molar-refractivity contribution in [3.8, 4) is 0 Å². The number of rotatable bonds is 5. The SMILES string of the molecule is O=C(N[C@@H]1COC[C@H]1Cc1ccncc1)C1(c2ccc(Cl)cc2)CCCCC1. The molecule has 1 aliphatic carbocycles. The first kappa shape index (κ1) is 19.4. The topological polar surface area (TPSA) is 51.2 Å². The summed E-state index contributed by atoms with van der Waals surface area (Å²) in [6.07, 6.45) is 9.66. The zero-order chi connectivity index (χ0) is 19.4. The fourth-order valence-electron chi connectivity index (χ4n) is 4.66. The van der Waals surface area contributed by atoms with Gasteiger partial charge in [0.05, 0.1) is 24.7 Å². The summed E-state index contributed by atoms with van der Waals surface area (Å²) in [6, 6.07) is 11.9. The van der Waals surface area contributed by atoms with Crippen LogP contribution >= 0.6 is 11.6 Å². The molecule has 4 nitrogen and oxygen atoms in total. The molecule has 2 heterocycles. The molecule has 2 aromatic rings. The lowest BCUT2D eigenvalue weighted by atomic mass is 9.68. The Labute approximate surface area is 171 Å². The van der Waals surface area contributed by atoms with Crippen LogP contribution in [0.4, 0.5) is 0 Å². The molecule has 0 bridgehead atoms. The number of ether oxygens (including phenoxy) is 1. The van der Waals surface area contributed by atoms with Crippen LogP contribution in [0, 0.1) is 5.92 Å². The molecule has 2 atom stereocenters. The van der Waals surface area contributed by atoms with E-state index in [2.05, 4.69) is 10.3 Å². The number of hydrogen-bond acceptors (Lipinski definition) is 3. The minimum atomic E-state index is -0.452. The molecule has 0 radical (unpaired) electrons. The average molecular weight is 399 g/mol. The van der Waals surface area contributed by atoms with Gasteiger partial charge in [-0.05, 0) is 54.7 Å². The Morgan fingerprint density at radius 1 is 1.07 bits per heavy atom. The molecule has 1 aromatic heterocycles. The zero-order valence-electron chi connectivity index (χ0n) is 16.1. The molecule has 0 spiro atoms. The number of nitrogens with zero attached hydrogens (tertiary/aromatic N) is 1. The Morgan fingerprint density at radius 2 is 1.79 bits per heavy atom. The van der Waals surface area contributed by atoms with E-state index in [1.54, 1.807) is 0 Å². The summed E-state index contributed by atoms with van der Waals surface area (Å²) in [5.41, 5.74) is 1.86. The van der Waals surface area contributed by atoms with E-state index in [0.29, 0.717) is 18.2 Å². The second kappa shape index (κ2) is 8.62. The largest absolute Gasteiger partial charge is 0.379 e. The lowest BCUT2D eigenvalue weighted by molar-refractivity contribution is -0.129. The highest BCUT2D eigenvalue weighted by Crippen LogP contribution is 2.40. The number of amides is 1. The van der Waals surface area contributed by atoms with Gasteiger partial charge in [0.1, 0.15) is 0 Å². The molecule has 28 heavy (non-hydrogen) atoms. The molecule has 148 valence electrons. The van der Waals surface area contributed by atoms with Crippen LogP contribution in [0.3, 0.4) is 0 Å². The maximum Gasteiger partial charge on any atom is 0.230 e. The molecule has 1 aromatic carbocycles. The summed E-state index contributed by atoms with van der Waals surface area (Å²) in [5.74, 6) is 0.432. The van der Waals surface area contributed by atoms with Crippen LogP contribution in [0.15, 0.2) is 48.8 Å². The molecule has 1 saturated heterocycles. The summed E-state index contributed by atoms with van der Waals surface area (Å²) in [4.78, 5) is 17.6. The van der Waals surface area contributed by atoms with E-state index >= 15 is 0 Å². The maximum atomic E-state index is 13.5. The van der Waals surface area contributed by atoms with Crippen molar-refractivity contribution in [3.63, 3.8) is 0 Å². The third kappa shape index (κ3) is 4.08. The van der Waals surface area contributed by atoms with Gasteiger partial charge in [0, 0.05) is 23.3 Å². The molecule has 0 unspecified atom stereocenters. The number of carbonyl (C=O) groups excluding carboxylic acids is 1. The first-order valence-electron chi connectivity index (χ1n) is 10.2. The predicted octanol–water partition coefficient (Wildman–Crippen LogP) is 4.31. The van der Waals surface area contributed by atoms with Gasteiger partial charge in [0.2, 0.25) is 5.91 Å². The first-order valence-corrected chi connectivity index (χ1v) is 10.6. The third-order valence-corrected chi connectivity index (χ3v) is 6.55. The van der Waals surface area contributed by atoms with E-state index in [1.807, 2.05) is 48.8 Å². The van der Waals surface area contributed by atoms with Gasteiger partial charge in [-0.15, -0.1) is 0 Å². The van der Waals surface area contributed by atoms with Crippen molar-refractivity contribution in [1.29, 1.82) is 0 Å². The number of nitrogens with one attached hydrogen (secondary N) is 1. The van der Waals surface area contributed by atoms with Crippen LogP contribution in [0.1, 0.15) is 43.2 Å². The fourth-order valence-corrected chi connectivity index (χ4v) is 4.78. The van der Waals surface area contributed by atoms with Gasteiger partial charge < -0.3 is 10.1 Å². The first-order chi connectivity index (χ1) is 13.7. The molecule has 1 aliphatic heterocycles. The van der Waals surface area contributed by atoms with E-state index in [0.717, 1.165) is 37.7 Å². The zero-order valence-corrected chi connectivity index (χ0v) is 16.8. The highest BCUT2D eigenvalue weighted by atomic mass is 35.5. The Balaban J connectivity index is 1.51. The summed E-state index contributed by atoms with van der Waals surface area (Å²) in [7, 11) is 0. The lowest BCUT2D eigenvalue weighted by Crippen LogP contribution is -2.51. The minimum Gasteiger partial charge on any atom is -0.379 e. The quantitative estimate of drug-likeness (QED) is 0.816. The average Bonchev–Trinajstić information content (AvgIpc) is 3.16. The monoisotopic (exact) mass is 398 g/mol. The summed E-state index contributed by atoms with van der Waals surface area (Å²) < 4.78 is 5.74. The van der Waals surface area contributed by atoms with Crippen LogP contribution < -0.4 is 5.32 Å². The number of carbonyl (C=O) groups is 1. The number of aromatic nitrogens is 1. The van der Waals surface area contributed by atoms with Crippen LogP contribution in [0.2, 0.25) is 5.02 Å². The smallest absolute Gasteiger partial charge is 0.230 e. The van der Waals surface area contributed by atoms with Crippen LogP contribution in [-0.2, 0) is 21.4 Å². The van der Waals surface area contributed by atoms with Crippen molar-refractivity contribution in [2.75, 3.05) is 13.2 Å². The van der Waals surface area contributed by atoms with Crippen molar-refractivity contribution < 1.29 is 9.53 Å². The number of hydrogen-bond donors (Lipinski definition) is 1. The summed E-state index contributed by atoms with van der Waals surface area (Å²) in [6.45, 7) is 1.26. The fraction of sp³-hybridized carbons (Fsp3) is 0.478. The second-order valence-corrected chi connectivity index (χ2v) is 8.52. The molecule has 5 heteroatoms. The number of pyridine rings is 1. The standard InChI is InChI=1S/C23H27ClN2O2/c24-20-6-4-19(5-7-20)23(10-2-1-3-11-23)22(27)26-21-16-28-15-18(21)14-17-8-12-25-13-9-17/h4-9,12-13,18,21H,1-3,10-11,14-16H2,(H,26,27)/t18-,21-/m1/s1. The van der Waals surface area contributed by atoms with E-state index in [1.165, 1.54) is 12.0 Å². The van der Waals surface area contributed by atoms with Crippen LogP contribution in [0.5, 0.6) is 0 Å². The number of halogens is 1. The van der Waals surface area contributed by atoms with Crippen LogP contribution in [-0.4, -0.2) is 30.1 Å². The Kier molecular flexibility index (Phi) is 5.98. The van der Waals surface area contributed by atoms with E-state index in [4.69, 9.17) is 16.3 Å². The molecular formula is C23H27ClN2O2. The molecule has 1 amide bonds. The minimum absolute atomic E-state index is 0.0479. The summed E-state index contributed by atoms with van der Waals surface area (Å²) >= 11 is 6.09.